The molecule has 0 heterocycles. The summed E-state index contributed by atoms with van der Waals surface area (Å²) in [6.07, 6.45) is -0.341. The van der Waals surface area contributed by atoms with Gasteiger partial charge in [-0.2, -0.15) is 0 Å². The van der Waals surface area contributed by atoms with Gasteiger partial charge in [0.05, 0.1) is 6.10 Å². The third kappa shape index (κ3) is 2.17. The largest absolute Gasteiger partial charge is 0.389 e. The predicted molar refractivity (Wildman–Crippen MR) is 42.1 cm³/mol. The summed E-state index contributed by atoms with van der Waals surface area (Å²) in [5.41, 5.74) is 0.970. The summed E-state index contributed by atoms with van der Waals surface area (Å²) < 4.78 is 0. The number of aliphatic hydroxyl groups is 1. The quantitative estimate of drug-likeness (QED) is 0.624. The second-order valence-corrected chi connectivity index (χ2v) is 2.09. The first-order valence-corrected chi connectivity index (χ1v) is 3.03. The molecular weight excluding hydrogens is 126 g/mol. The first kappa shape index (κ1) is 9.14. The van der Waals surface area contributed by atoms with E-state index in [0.29, 0.717) is 0 Å². The molecule has 0 aliphatic rings. The molecule has 0 spiro atoms. The standard InChI is InChI=1S/C8H10O.H3N/c1-7(9)8-5-3-2-4-6-8;/h2-7,9H,1H3;1H3/t7-;/m1./s1. The molecule has 0 aliphatic carbocycles. The zero-order chi connectivity index (χ0) is 6.69. The fourth-order valence-corrected chi connectivity index (χ4v) is 0.732. The zero-order valence-corrected chi connectivity index (χ0v) is 6.12. The van der Waals surface area contributed by atoms with Crippen molar-refractivity contribution in [3.05, 3.63) is 35.9 Å². The maximum atomic E-state index is 9.02. The number of hydrogen-bond acceptors (Lipinski definition) is 2. The zero-order valence-electron chi connectivity index (χ0n) is 6.12. The highest BCUT2D eigenvalue weighted by molar-refractivity contribution is 5.16. The second kappa shape index (κ2) is 4.04. The van der Waals surface area contributed by atoms with E-state index in [1.54, 1.807) is 6.92 Å². The Hall–Kier alpha value is -0.860. The smallest absolute Gasteiger partial charge is 0.0761 e. The number of benzene rings is 1. The van der Waals surface area contributed by atoms with Gasteiger partial charge in [0.2, 0.25) is 0 Å². The third-order valence-corrected chi connectivity index (χ3v) is 1.28. The average molecular weight is 139 g/mol. The van der Waals surface area contributed by atoms with Crippen LogP contribution in [0.1, 0.15) is 18.6 Å². The lowest BCUT2D eigenvalue weighted by atomic mass is 10.1. The second-order valence-electron chi connectivity index (χ2n) is 2.09. The molecule has 0 unspecified atom stereocenters. The van der Waals surface area contributed by atoms with Gasteiger partial charge in [-0.25, -0.2) is 0 Å². The molecule has 0 radical (unpaired) electrons. The summed E-state index contributed by atoms with van der Waals surface area (Å²) in [7, 11) is 0. The van der Waals surface area contributed by atoms with Gasteiger partial charge in [-0.1, -0.05) is 30.3 Å². The molecule has 1 aromatic rings. The number of aliphatic hydroxyl groups excluding tert-OH is 1. The molecular formula is C8H13NO. The average Bonchev–Trinajstić information content (AvgIpc) is 1.90. The minimum absolute atomic E-state index is 0. The molecule has 2 nitrogen and oxygen atoms in total. The van der Waals surface area contributed by atoms with Gasteiger partial charge in [0, 0.05) is 0 Å². The van der Waals surface area contributed by atoms with Gasteiger partial charge in [0.15, 0.2) is 0 Å². The highest BCUT2D eigenvalue weighted by atomic mass is 16.3. The van der Waals surface area contributed by atoms with Gasteiger partial charge in [0.1, 0.15) is 0 Å². The van der Waals surface area contributed by atoms with Crippen molar-refractivity contribution in [1.29, 1.82) is 0 Å². The minimum atomic E-state index is -0.341. The van der Waals surface area contributed by atoms with E-state index >= 15 is 0 Å². The molecule has 0 aromatic heterocycles. The van der Waals surface area contributed by atoms with Crippen LogP contribution < -0.4 is 6.15 Å². The highest BCUT2D eigenvalue weighted by Gasteiger charge is 1.95. The Kier molecular flexibility index (Phi) is 3.69. The van der Waals surface area contributed by atoms with E-state index in [4.69, 9.17) is 5.11 Å². The molecule has 0 fully saturated rings. The molecule has 2 heteroatoms. The summed E-state index contributed by atoms with van der Waals surface area (Å²) in [6.45, 7) is 1.76. The van der Waals surface area contributed by atoms with Gasteiger partial charge in [-0.15, -0.1) is 0 Å². The van der Waals surface area contributed by atoms with E-state index in [1.165, 1.54) is 0 Å². The van der Waals surface area contributed by atoms with Crippen molar-refractivity contribution in [3.63, 3.8) is 0 Å². The summed E-state index contributed by atoms with van der Waals surface area (Å²) in [4.78, 5) is 0. The van der Waals surface area contributed by atoms with E-state index < -0.39 is 0 Å². The van der Waals surface area contributed by atoms with Crippen LogP contribution in [0, 0.1) is 0 Å². The predicted octanol–water partition coefficient (Wildman–Crippen LogP) is 1.90. The van der Waals surface area contributed by atoms with Crippen LogP contribution in [0.25, 0.3) is 0 Å². The highest BCUT2D eigenvalue weighted by Crippen LogP contribution is 2.08. The molecule has 0 aliphatic heterocycles. The van der Waals surface area contributed by atoms with Crippen molar-refractivity contribution >= 4 is 0 Å². The lowest BCUT2D eigenvalue weighted by molar-refractivity contribution is 0.199. The molecule has 0 saturated heterocycles. The van der Waals surface area contributed by atoms with Gasteiger partial charge in [0.25, 0.3) is 0 Å². The summed E-state index contributed by atoms with van der Waals surface area (Å²) in [5, 5.41) is 9.02. The molecule has 10 heavy (non-hydrogen) atoms. The fraction of sp³-hybridized carbons (Fsp3) is 0.250. The molecule has 0 amide bonds. The van der Waals surface area contributed by atoms with Crippen molar-refractivity contribution in [3.8, 4) is 0 Å². The fourth-order valence-electron chi connectivity index (χ4n) is 0.732. The lowest BCUT2D eigenvalue weighted by Crippen LogP contribution is -1.87. The normalized spacial score (nSPS) is 11.8. The van der Waals surface area contributed by atoms with Crippen LogP contribution in [0.2, 0.25) is 0 Å². The Labute approximate surface area is 61.1 Å². The Morgan fingerprint density at radius 1 is 1.20 bits per heavy atom. The summed E-state index contributed by atoms with van der Waals surface area (Å²) in [5.74, 6) is 0. The summed E-state index contributed by atoms with van der Waals surface area (Å²) in [6, 6.07) is 9.59. The molecule has 0 saturated carbocycles. The van der Waals surface area contributed by atoms with Crippen molar-refractivity contribution in [2.45, 2.75) is 13.0 Å². The molecule has 1 rings (SSSR count). The van der Waals surface area contributed by atoms with Crippen molar-refractivity contribution in [2.24, 2.45) is 0 Å². The van der Waals surface area contributed by atoms with Crippen LogP contribution in [0.15, 0.2) is 30.3 Å². The van der Waals surface area contributed by atoms with E-state index in [0.717, 1.165) is 5.56 Å². The number of hydrogen-bond donors (Lipinski definition) is 2. The van der Waals surface area contributed by atoms with Gasteiger partial charge in [-0.05, 0) is 12.5 Å². The van der Waals surface area contributed by atoms with Gasteiger partial charge >= 0.3 is 0 Å². The van der Waals surface area contributed by atoms with Crippen LogP contribution in [0.4, 0.5) is 0 Å². The molecule has 1 atom stereocenters. The van der Waals surface area contributed by atoms with Crippen molar-refractivity contribution in [1.82, 2.24) is 6.15 Å². The van der Waals surface area contributed by atoms with E-state index in [2.05, 4.69) is 0 Å². The van der Waals surface area contributed by atoms with Gasteiger partial charge in [-0.3, -0.25) is 0 Å². The van der Waals surface area contributed by atoms with Crippen LogP contribution in [0.5, 0.6) is 0 Å². The first-order valence-electron chi connectivity index (χ1n) is 3.03. The lowest BCUT2D eigenvalue weighted by Gasteiger charge is -2.00. The van der Waals surface area contributed by atoms with E-state index in [9.17, 15) is 0 Å². The third-order valence-electron chi connectivity index (χ3n) is 1.28. The molecule has 1 aromatic carbocycles. The minimum Gasteiger partial charge on any atom is -0.389 e. The Bertz CT molecular complexity index is 172. The molecule has 4 N–H and O–H groups in total. The van der Waals surface area contributed by atoms with Crippen LogP contribution in [-0.2, 0) is 0 Å². The maximum Gasteiger partial charge on any atom is 0.0761 e. The summed E-state index contributed by atoms with van der Waals surface area (Å²) >= 11 is 0. The first-order chi connectivity index (χ1) is 4.30. The maximum absolute atomic E-state index is 9.02. The van der Waals surface area contributed by atoms with E-state index in [-0.39, 0.29) is 12.3 Å². The topological polar surface area (TPSA) is 55.2 Å². The van der Waals surface area contributed by atoms with Gasteiger partial charge < -0.3 is 11.3 Å². The molecule has 56 valence electrons. The van der Waals surface area contributed by atoms with E-state index in [1.807, 2.05) is 30.3 Å². The Morgan fingerprint density at radius 2 is 1.70 bits per heavy atom. The molecule has 0 bridgehead atoms. The Balaban J connectivity index is 0.000000810. The monoisotopic (exact) mass is 139 g/mol. The number of rotatable bonds is 1. The van der Waals surface area contributed by atoms with Crippen LogP contribution in [-0.4, -0.2) is 5.11 Å². The van der Waals surface area contributed by atoms with Crippen molar-refractivity contribution < 1.29 is 5.11 Å². The van der Waals surface area contributed by atoms with Crippen LogP contribution >= 0.6 is 0 Å². The van der Waals surface area contributed by atoms with Crippen LogP contribution in [0.3, 0.4) is 0 Å². The van der Waals surface area contributed by atoms with Crippen molar-refractivity contribution in [2.75, 3.05) is 0 Å². The Morgan fingerprint density at radius 3 is 2.00 bits per heavy atom. The SMILES string of the molecule is C[C@@H](O)c1ccccc1.N.